The number of carbonyl (C=O) groups is 1. The van der Waals surface area contributed by atoms with E-state index in [1.807, 2.05) is 0 Å². The van der Waals surface area contributed by atoms with Gasteiger partial charge in [0.05, 0.1) is 10.4 Å². The Hall–Kier alpha value is -1.34. The van der Waals surface area contributed by atoms with Gasteiger partial charge < -0.3 is 10.1 Å². The number of fused-ring (bicyclic) bond motifs is 3. The van der Waals surface area contributed by atoms with Gasteiger partial charge in [0.2, 0.25) is 0 Å². The number of benzene rings is 1. The molecule has 1 atom stereocenters. The molecule has 2 aromatic rings. The van der Waals surface area contributed by atoms with Crippen LogP contribution < -0.4 is 0 Å². The molecule has 1 aliphatic carbocycles. The van der Waals surface area contributed by atoms with Crippen LogP contribution in [0.1, 0.15) is 17.7 Å². The zero-order chi connectivity index (χ0) is 15.4. The zero-order valence-electron chi connectivity index (χ0n) is 11.3. The lowest BCUT2D eigenvalue weighted by molar-refractivity contribution is -0.138. The number of nitrogens with one attached hydrogen (secondary N) is 1. The van der Waals surface area contributed by atoms with E-state index in [9.17, 15) is 13.2 Å². The molecule has 1 aliphatic rings. The van der Waals surface area contributed by atoms with E-state index >= 15 is 0 Å². The van der Waals surface area contributed by atoms with Gasteiger partial charge in [-0.2, -0.15) is 0 Å². The van der Waals surface area contributed by atoms with Crippen molar-refractivity contribution < 1.29 is 18.3 Å². The Morgan fingerprint density at radius 1 is 1.43 bits per heavy atom. The molecule has 1 unspecified atom stereocenters. The summed E-state index contributed by atoms with van der Waals surface area (Å²) in [7, 11) is -3.28. The predicted molar refractivity (Wildman–Crippen MR) is 82.3 cm³/mol. The first-order valence-corrected chi connectivity index (χ1v) is 9.19. The summed E-state index contributed by atoms with van der Waals surface area (Å²) in [6.07, 6.45) is 2.68. The molecule has 21 heavy (non-hydrogen) atoms. The van der Waals surface area contributed by atoms with Gasteiger partial charge in [0.25, 0.3) is 0 Å². The van der Waals surface area contributed by atoms with Gasteiger partial charge in [0, 0.05) is 28.2 Å². The fraction of sp³-hybridized carbons (Fsp3) is 0.357. The van der Waals surface area contributed by atoms with E-state index in [4.69, 9.17) is 5.11 Å². The molecule has 3 rings (SSSR count). The summed E-state index contributed by atoms with van der Waals surface area (Å²) >= 11 is 3.41. The number of sulfone groups is 1. The Kier molecular flexibility index (Phi) is 3.37. The van der Waals surface area contributed by atoms with Crippen LogP contribution in [0, 0.1) is 5.92 Å². The Labute approximate surface area is 130 Å². The molecule has 0 fully saturated rings. The van der Waals surface area contributed by atoms with Crippen LogP contribution in [0.4, 0.5) is 0 Å². The van der Waals surface area contributed by atoms with Crippen molar-refractivity contribution in [2.75, 3.05) is 6.26 Å². The van der Waals surface area contributed by atoms with E-state index in [-0.39, 0.29) is 17.2 Å². The fourth-order valence-corrected chi connectivity index (χ4v) is 4.37. The van der Waals surface area contributed by atoms with Gasteiger partial charge in [-0.15, -0.1) is 0 Å². The van der Waals surface area contributed by atoms with Gasteiger partial charge in [-0.25, -0.2) is 8.42 Å². The number of rotatable bonds is 3. The van der Waals surface area contributed by atoms with Gasteiger partial charge in [-0.3, -0.25) is 4.79 Å². The third-order valence-electron chi connectivity index (χ3n) is 3.91. The predicted octanol–water partition coefficient (Wildman–Crippen LogP) is 2.52. The average molecular weight is 372 g/mol. The minimum Gasteiger partial charge on any atom is -0.481 e. The molecule has 0 aliphatic heterocycles. The molecule has 2 N–H and O–H groups in total. The second kappa shape index (κ2) is 4.84. The lowest BCUT2D eigenvalue weighted by atomic mass is 10.0. The highest BCUT2D eigenvalue weighted by molar-refractivity contribution is 9.10. The van der Waals surface area contributed by atoms with E-state index in [0.717, 1.165) is 22.2 Å². The van der Waals surface area contributed by atoms with Crippen LogP contribution in [-0.4, -0.2) is 30.7 Å². The van der Waals surface area contributed by atoms with Crippen LogP contribution in [0.5, 0.6) is 0 Å². The molecule has 0 saturated carbocycles. The summed E-state index contributed by atoms with van der Waals surface area (Å²) in [5, 5.41) is 9.77. The largest absolute Gasteiger partial charge is 0.481 e. The highest BCUT2D eigenvalue weighted by Crippen LogP contribution is 2.38. The van der Waals surface area contributed by atoms with Crippen LogP contribution in [0.3, 0.4) is 0 Å². The Bertz CT molecular complexity index is 853. The van der Waals surface area contributed by atoms with Crippen molar-refractivity contribution in [3.63, 3.8) is 0 Å². The van der Waals surface area contributed by atoms with Gasteiger partial charge in [-0.05, 0) is 52.4 Å². The molecule has 0 amide bonds. The minimum absolute atomic E-state index is 0.0776. The van der Waals surface area contributed by atoms with E-state index in [1.165, 1.54) is 6.26 Å². The standard InChI is InChI=1S/C14H14BrNO4S/c1-21(19,20)8-5-10-9-2-7(4-13(17)18)3-12(9)16-14(10)11(15)6-8/h5-7,16H,2-4H2,1H3,(H,17,18). The second-order valence-electron chi connectivity index (χ2n) is 5.55. The minimum atomic E-state index is -3.28. The maximum atomic E-state index is 11.8. The first-order valence-electron chi connectivity index (χ1n) is 6.50. The van der Waals surface area contributed by atoms with Crippen LogP contribution >= 0.6 is 15.9 Å². The monoisotopic (exact) mass is 371 g/mol. The second-order valence-corrected chi connectivity index (χ2v) is 8.42. The van der Waals surface area contributed by atoms with Crippen molar-refractivity contribution in [3.05, 3.63) is 27.9 Å². The smallest absolute Gasteiger partial charge is 0.303 e. The van der Waals surface area contributed by atoms with Crippen LogP contribution in [0.25, 0.3) is 10.9 Å². The molecular weight excluding hydrogens is 358 g/mol. The molecule has 5 nitrogen and oxygen atoms in total. The molecule has 1 aromatic carbocycles. The number of hydrogen-bond donors (Lipinski definition) is 2. The fourth-order valence-electron chi connectivity index (χ4n) is 3.00. The first-order chi connectivity index (χ1) is 9.75. The van der Waals surface area contributed by atoms with E-state index in [2.05, 4.69) is 20.9 Å². The molecule has 7 heteroatoms. The third-order valence-corrected chi connectivity index (χ3v) is 5.62. The summed E-state index contributed by atoms with van der Waals surface area (Å²) < 4.78 is 24.2. The summed E-state index contributed by atoms with van der Waals surface area (Å²) in [5.74, 6) is -0.721. The lowest BCUT2D eigenvalue weighted by Crippen LogP contribution is -2.08. The summed E-state index contributed by atoms with van der Waals surface area (Å²) in [6.45, 7) is 0. The van der Waals surface area contributed by atoms with E-state index in [1.54, 1.807) is 12.1 Å². The third kappa shape index (κ3) is 2.60. The molecule has 0 saturated heterocycles. The van der Waals surface area contributed by atoms with Crippen molar-refractivity contribution in [1.82, 2.24) is 4.98 Å². The zero-order valence-corrected chi connectivity index (χ0v) is 13.7. The number of carboxylic acid groups (broad SMARTS) is 1. The number of H-pyrrole nitrogens is 1. The SMILES string of the molecule is CS(=O)(=O)c1cc(Br)c2[nH]c3c(c2c1)CC(CC(=O)O)C3. The van der Waals surface area contributed by atoms with Crippen LogP contribution in [-0.2, 0) is 27.5 Å². The number of carboxylic acids is 1. The molecule has 112 valence electrons. The maximum Gasteiger partial charge on any atom is 0.303 e. The van der Waals surface area contributed by atoms with Gasteiger partial charge in [0.1, 0.15) is 0 Å². The highest BCUT2D eigenvalue weighted by atomic mass is 79.9. The van der Waals surface area contributed by atoms with Crippen molar-refractivity contribution in [1.29, 1.82) is 0 Å². The summed E-state index contributed by atoms with van der Waals surface area (Å²) in [4.78, 5) is 14.4. The average Bonchev–Trinajstić information content (AvgIpc) is 2.85. The Morgan fingerprint density at radius 2 is 2.14 bits per heavy atom. The van der Waals surface area contributed by atoms with Crippen molar-refractivity contribution in [3.8, 4) is 0 Å². The highest BCUT2D eigenvalue weighted by Gasteiger charge is 2.28. The molecule has 1 aromatic heterocycles. The summed E-state index contributed by atoms with van der Waals surface area (Å²) in [6, 6.07) is 3.27. The first kappa shape index (κ1) is 14.6. The molecule has 0 radical (unpaired) electrons. The number of hydrogen-bond acceptors (Lipinski definition) is 3. The molecule has 0 bridgehead atoms. The van der Waals surface area contributed by atoms with Gasteiger partial charge in [0.15, 0.2) is 9.84 Å². The van der Waals surface area contributed by atoms with Crippen molar-refractivity contribution >= 4 is 42.6 Å². The Balaban J connectivity index is 2.11. The quantitative estimate of drug-likeness (QED) is 0.867. The van der Waals surface area contributed by atoms with Crippen LogP contribution in [0.2, 0.25) is 0 Å². The van der Waals surface area contributed by atoms with Gasteiger partial charge in [-0.1, -0.05) is 0 Å². The van der Waals surface area contributed by atoms with Crippen LogP contribution in [0.15, 0.2) is 21.5 Å². The molecular formula is C14H14BrNO4S. The summed E-state index contributed by atoms with van der Waals surface area (Å²) in [5.41, 5.74) is 2.94. The Morgan fingerprint density at radius 3 is 2.76 bits per heavy atom. The number of halogens is 1. The van der Waals surface area contributed by atoms with E-state index in [0.29, 0.717) is 17.3 Å². The molecule has 1 heterocycles. The van der Waals surface area contributed by atoms with E-state index < -0.39 is 15.8 Å². The number of aromatic nitrogens is 1. The number of aromatic amines is 1. The molecule has 0 spiro atoms. The van der Waals surface area contributed by atoms with Crippen molar-refractivity contribution in [2.45, 2.75) is 24.2 Å². The normalized spacial score (nSPS) is 18.1. The number of aliphatic carboxylic acids is 1. The van der Waals surface area contributed by atoms with Crippen molar-refractivity contribution in [2.24, 2.45) is 5.92 Å². The van der Waals surface area contributed by atoms with Gasteiger partial charge >= 0.3 is 5.97 Å². The topological polar surface area (TPSA) is 87.2 Å². The maximum absolute atomic E-state index is 11.8. The lowest BCUT2D eigenvalue weighted by Gasteiger charge is -2.06.